The molecule has 0 unspecified atom stereocenters. The number of hydrogen-bond donors (Lipinski definition) is 2. The predicted molar refractivity (Wildman–Crippen MR) is 86.1 cm³/mol. The molecular formula is C16H27N5O2. The topological polar surface area (TPSA) is 81.1 Å². The number of fused-ring (bicyclic) bond motifs is 1. The fourth-order valence-electron chi connectivity index (χ4n) is 3.41. The second-order valence-electron chi connectivity index (χ2n) is 6.67. The molecule has 1 aromatic heterocycles. The van der Waals surface area contributed by atoms with Gasteiger partial charge in [-0.1, -0.05) is 0 Å². The van der Waals surface area contributed by atoms with Gasteiger partial charge in [-0.15, -0.1) is 0 Å². The van der Waals surface area contributed by atoms with Crippen molar-refractivity contribution in [3.05, 3.63) is 11.6 Å². The van der Waals surface area contributed by atoms with E-state index in [1.165, 1.54) is 0 Å². The highest BCUT2D eigenvalue weighted by atomic mass is 16.5. The molecule has 3 rings (SSSR count). The third-order valence-electron chi connectivity index (χ3n) is 4.61. The van der Waals surface area contributed by atoms with Gasteiger partial charge in [0.1, 0.15) is 11.6 Å². The molecule has 0 saturated carbocycles. The summed E-state index contributed by atoms with van der Waals surface area (Å²) in [7, 11) is 0. The minimum Gasteiger partial charge on any atom is -0.378 e. The normalized spacial score (nSPS) is 25.0. The lowest BCUT2D eigenvalue weighted by Gasteiger charge is -2.24. The lowest BCUT2D eigenvalue weighted by molar-refractivity contribution is 0.100. The van der Waals surface area contributed by atoms with Crippen molar-refractivity contribution in [1.29, 1.82) is 0 Å². The molecule has 0 spiro atoms. The monoisotopic (exact) mass is 321 g/mol. The number of carbonyl (C=O) groups is 1. The van der Waals surface area contributed by atoms with E-state index in [0.29, 0.717) is 6.10 Å². The van der Waals surface area contributed by atoms with Crippen LogP contribution in [0.25, 0.3) is 0 Å². The Balaban J connectivity index is 1.45. The molecule has 0 bridgehead atoms. The Labute approximate surface area is 137 Å². The Bertz CT molecular complexity index is 539. The van der Waals surface area contributed by atoms with Crippen molar-refractivity contribution in [2.45, 2.75) is 77.1 Å². The molecule has 2 aliphatic rings. The average Bonchev–Trinajstić information content (AvgIpc) is 3.13. The van der Waals surface area contributed by atoms with Crippen LogP contribution in [-0.2, 0) is 11.3 Å². The van der Waals surface area contributed by atoms with E-state index in [0.717, 1.165) is 63.3 Å². The van der Waals surface area contributed by atoms with Crippen LogP contribution in [0.5, 0.6) is 0 Å². The first-order valence-electron chi connectivity index (χ1n) is 8.72. The van der Waals surface area contributed by atoms with Crippen LogP contribution in [-0.4, -0.2) is 39.5 Å². The van der Waals surface area contributed by atoms with Gasteiger partial charge in [-0.2, -0.15) is 5.10 Å². The summed E-state index contributed by atoms with van der Waals surface area (Å²) >= 11 is 0. The maximum absolute atomic E-state index is 12.2. The molecule has 0 aromatic carbocycles. The summed E-state index contributed by atoms with van der Waals surface area (Å²) in [5, 5.41) is 10.4. The lowest BCUT2D eigenvalue weighted by atomic mass is 10.1. The summed E-state index contributed by atoms with van der Waals surface area (Å²) in [6.45, 7) is 5.69. The SMILES string of the molecule is Cc1nc2n(n1)CCC[C@@H]2NC(=O)N[C@@H](C)CC[C@@H]1CCCO1. The first-order chi connectivity index (χ1) is 11.1. The van der Waals surface area contributed by atoms with E-state index in [1.807, 2.05) is 18.5 Å². The van der Waals surface area contributed by atoms with E-state index in [1.54, 1.807) is 0 Å². The summed E-state index contributed by atoms with van der Waals surface area (Å²) in [4.78, 5) is 16.7. The average molecular weight is 321 g/mol. The zero-order valence-corrected chi connectivity index (χ0v) is 14.0. The zero-order chi connectivity index (χ0) is 16.2. The largest absolute Gasteiger partial charge is 0.378 e. The van der Waals surface area contributed by atoms with E-state index in [2.05, 4.69) is 20.7 Å². The predicted octanol–water partition coefficient (Wildman–Crippen LogP) is 2.07. The van der Waals surface area contributed by atoms with Crippen LogP contribution < -0.4 is 10.6 Å². The van der Waals surface area contributed by atoms with Crippen molar-refractivity contribution in [3.63, 3.8) is 0 Å². The van der Waals surface area contributed by atoms with Crippen molar-refractivity contribution in [2.75, 3.05) is 6.61 Å². The molecule has 3 heterocycles. The number of nitrogens with zero attached hydrogens (tertiary/aromatic N) is 3. The standard InChI is InChI=1S/C16H27N5O2/c1-11(7-8-13-5-4-10-23-13)17-16(22)19-14-6-3-9-21-15(14)18-12(2)20-21/h11,13-14H,3-10H2,1-2H3,(H2,17,19,22)/t11-,13-,14-/m0/s1. The molecule has 3 atom stereocenters. The van der Waals surface area contributed by atoms with Crippen molar-refractivity contribution in [3.8, 4) is 0 Å². The lowest BCUT2D eigenvalue weighted by Crippen LogP contribution is -2.44. The number of urea groups is 1. The minimum atomic E-state index is -0.121. The molecule has 2 amide bonds. The van der Waals surface area contributed by atoms with Crippen LogP contribution in [0.1, 0.15) is 63.1 Å². The Kier molecular flexibility index (Phi) is 5.15. The molecule has 0 radical (unpaired) electrons. The van der Waals surface area contributed by atoms with Crippen LogP contribution in [0, 0.1) is 6.92 Å². The first kappa shape index (κ1) is 16.2. The van der Waals surface area contributed by atoms with Gasteiger partial charge in [0.2, 0.25) is 0 Å². The van der Waals surface area contributed by atoms with Crippen LogP contribution in [0.15, 0.2) is 0 Å². The summed E-state index contributed by atoms with van der Waals surface area (Å²) in [6, 6.07) is -0.0262. The molecule has 1 saturated heterocycles. The van der Waals surface area contributed by atoms with Gasteiger partial charge in [0.15, 0.2) is 0 Å². The van der Waals surface area contributed by atoms with Gasteiger partial charge in [0, 0.05) is 19.2 Å². The number of aryl methyl sites for hydroxylation is 2. The molecule has 1 fully saturated rings. The number of nitrogens with one attached hydrogen (secondary N) is 2. The molecule has 7 heteroatoms. The van der Waals surface area contributed by atoms with Gasteiger partial charge in [-0.3, -0.25) is 0 Å². The highest BCUT2D eigenvalue weighted by Crippen LogP contribution is 2.23. The van der Waals surface area contributed by atoms with Crippen molar-refractivity contribution in [2.24, 2.45) is 0 Å². The number of ether oxygens (including phenoxy) is 1. The molecule has 1 aromatic rings. The third kappa shape index (κ3) is 4.22. The molecule has 7 nitrogen and oxygen atoms in total. The Morgan fingerprint density at radius 3 is 3.09 bits per heavy atom. The fourth-order valence-corrected chi connectivity index (χ4v) is 3.41. The first-order valence-corrected chi connectivity index (χ1v) is 8.72. The number of amides is 2. The van der Waals surface area contributed by atoms with Crippen LogP contribution in [0.2, 0.25) is 0 Å². The second-order valence-corrected chi connectivity index (χ2v) is 6.67. The highest BCUT2D eigenvalue weighted by molar-refractivity contribution is 5.74. The van der Waals surface area contributed by atoms with Crippen LogP contribution in [0.4, 0.5) is 4.79 Å². The van der Waals surface area contributed by atoms with Gasteiger partial charge in [-0.25, -0.2) is 14.5 Å². The molecular weight excluding hydrogens is 294 g/mol. The number of hydrogen-bond acceptors (Lipinski definition) is 4. The molecule has 0 aliphatic carbocycles. The zero-order valence-electron chi connectivity index (χ0n) is 14.0. The Hall–Kier alpha value is -1.63. The van der Waals surface area contributed by atoms with Crippen LogP contribution >= 0.6 is 0 Å². The Morgan fingerprint density at radius 1 is 1.43 bits per heavy atom. The molecule has 2 N–H and O–H groups in total. The third-order valence-corrected chi connectivity index (χ3v) is 4.61. The fraction of sp³-hybridized carbons (Fsp3) is 0.812. The second kappa shape index (κ2) is 7.29. The number of aromatic nitrogens is 3. The summed E-state index contributed by atoms with van der Waals surface area (Å²) < 4.78 is 7.53. The molecule has 128 valence electrons. The van der Waals surface area contributed by atoms with Crippen molar-refractivity contribution in [1.82, 2.24) is 25.4 Å². The number of carbonyl (C=O) groups excluding carboxylic acids is 1. The van der Waals surface area contributed by atoms with Gasteiger partial charge < -0.3 is 15.4 Å². The van der Waals surface area contributed by atoms with Crippen LogP contribution in [0.3, 0.4) is 0 Å². The van der Waals surface area contributed by atoms with Gasteiger partial charge in [0.05, 0.1) is 12.1 Å². The van der Waals surface area contributed by atoms with Gasteiger partial charge in [-0.05, 0) is 52.4 Å². The van der Waals surface area contributed by atoms with Gasteiger partial charge in [0.25, 0.3) is 0 Å². The molecule has 23 heavy (non-hydrogen) atoms. The van der Waals surface area contributed by atoms with E-state index in [4.69, 9.17) is 4.74 Å². The highest BCUT2D eigenvalue weighted by Gasteiger charge is 2.25. The minimum absolute atomic E-state index is 0.0460. The smallest absolute Gasteiger partial charge is 0.315 e. The summed E-state index contributed by atoms with van der Waals surface area (Å²) in [5.74, 6) is 1.63. The van der Waals surface area contributed by atoms with Crippen molar-refractivity contribution >= 4 is 6.03 Å². The maximum atomic E-state index is 12.2. The van der Waals surface area contributed by atoms with E-state index >= 15 is 0 Å². The molecule has 2 aliphatic heterocycles. The van der Waals surface area contributed by atoms with E-state index in [-0.39, 0.29) is 18.1 Å². The van der Waals surface area contributed by atoms with E-state index in [9.17, 15) is 4.79 Å². The number of rotatable bonds is 5. The van der Waals surface area contributed by atoms with Crippen molar-refractivity contribution < 1.29 is 9.53 Å². The van der Waals surface area contributed by atoms with Gasteiger partial charge >= 0.3 is 6.03 Å². The quantitative estimate of drug-likeness (QED) is 0.870. The maximum Gasteiger partial charge on any atom is 0.315 e. The van der Waals surface area contributed by atoms with E-state index < -0.39 is 0 Å². The summed E-state index contributed by atoms with van der Waals surface area (Å²) in [6.07, 6.45) is 6.56. The summed E-state index contributed by atoms with van der Waals surface area (Å²) in [5.41, 5.74) is 0. The Morgan fingerprint density at radius 2 is 2.30 bits per heavy atom.